The lowest BCUT2D eigenvalue weighted by Gasteiger charge is -2.29. The fourth-order valence-electron chi connectivity index (χ4n) is 7.11. The summed E-state index contributed by atoms with van der Waals surface area (Å²) in [4.78, 5) is 87.5. The Balaban J connectivity index is 1.31. The third-order valence-electron chi connectivity index (χ3n) is 10.6. The highest BCUT2D eigenvalue weighted by atomic mass is 16.5. The van der Waals surface area contributed by atoms with Gasteiger partial charge in [0.25, 0.3) is 11.1 Å². The fraction of sp³-hybridized carbons (Fsp3) is 0.234. The maximum Gasteiger partial charge on any atom is 0.273 e. The van der Waals surface area contributed by atoms with Gasteiger partial charge in [-0.1, -0.05) is 79.7 Å². The molecule has 14 nitrogen and oxygen atoms in total. The predicted octanol–water partition coefficient (Wildman–Crippen LogP) is 4.52. The van der Waals surface area contributed by atoms with Crippen LogP contribution in [-0.4, -0.2) is 73.4 Å². The summed E-state index contributed by atoms with van der Waals surface area (Å²) < 4.78 is 12.3. The van der Waals surface area contributed by atoms with Crippen LogP contribution in [-0.2, 0) is 38.7 Å². The van der Waals surface area contributed by atoms with Crippen molar-refractivity contribution in [3.05, 3.63) is 165 Å². The molecule has 6 rings (SSSR count). The monoisotopic (exact) mass is 824 g/mol. The standard InChI is InChI=1S/C47H48N6O8/c1-31(33-16-10-7-11-17-33)43(47(59)51(3)35-22-26-37(61-5)27-23-35)49-42(55)30-53-45(57)39-19-13-12-18-38(39)44(56)52(53)29-41(54)48-40(28-32-14-8-6-9-15-32)46(58)50(2)34-20-24-36(60-4)25-21-34/h6-27,31,40,43H,28-30H2,1-5H3,(H,48,54)(H,49,55)/t31-,40+,43?/m1/s1. The molecule has 61 heavy (non-hydrogen) atoms. The molecule has 0 spiro atoms. The van der Waals surface area contributed by atoms with E-state index in [0.29, 0.717) is 22.9 Å². The molecule has 0 aliphatic carbocycles. The van der Waals surface area contributed by atoms with E-state index < -0.39 is 65.8 Å². The lowest BCUT2D eigenvalue weighted by Crippen LogP contribution is -2.53. The van der Waals surface area contributed by atoms with Crippen molar-refractivity contribution >= 4 is 45.8 Å². The predicted molar refractivity (Wildman–Crippen MR) is 234 cm³/mol. The second kappa shape index (κ2) is 19.5. The molecule has 0 radical (unpaired) electrons. The van der Waals surface area contributed by atoms with Gasteiger partial charge in [-0.2, -0.15) is 0 Å². The van der Waals surface area contributed by atoms with E-state index in [4.69, 9.17) is 9.47 Å². The van der Waals surface area contributed by atoms with Crippen LogP contribution in [0.5, 0.6) is 11.5 Å². The van der Waals surface area contributed by atoms with Gasteiger partial charge in [0.2, 0.25) is 23.6 Å². The van der Waals surface area contributed by atoms with Crippen molar-refractivity contribution in [3.63, 3.8) is 0 Å². The van der Waals surface area contributed by atoms with E-state index in [9.17, 15) is 28.8 Å². The van der Waals surface area contributed by atoms with Gasteiger partial charge in [0.05, 0.1) is 25.0 Å². The molecule has 0 saturated carbocycles. The van der Waals surface area contributed by atoms with Crippen LogP contribution in [0.3, 0.4) is 0 Å². The highest BCUT2D eigenvalue weighted by Gasteiger charge is 2.32. The van der Waals surface area contributed by atoms with Crippen LogP contribution in [0.4, 0.5) is 11.4 Å². The Kier molecular flexibility index (Phi) is 13.8. The average molecular weight is 825 g/mol. The summed E-state index contributed by atoms with van der Waals surface area (Å²) >= 11 is 0. The Morgan fingerprint density at radius 3 is 1.48 bits per heavy atom. The van der Waals surface area contributed by atoms with Gasteiger partial charge >= 0.3 is 0 Å². The molecule has 3 atom stereocenters. The molecule has 0 aliphatic heterocycles. The molecule has 0 fully saturated rings. The molecule has 1 unspecified atom stereocenters. The number of carbonyl (C=O) groups is 4. The fourth-order valence-corrected chi connectivity index (χ4v) is 7.11. The first-order chi connectivity index (χ1) is 29.4. The number of hydrogen-bond donors (Lipinski definition) is 2. The minimum atomic E-state index is -1.12. The molecule has 0 bridgehead atoms. The Morgan fingerprint density at radius 2 is 1.00 bits per heavy atom. The second-order valence-corrected chi connectivity index (χ2v) is 14.5. The van der Waals surface area contributed by atoms with Gasteiger partial charge in [0.1, 0.15) is 36.7 Å². The molecule has 2 N–H and O–H groups in total. The molecular formula is C47H48N6O8. The lowest BCUT2D eigenvalue weighted by molar-refractivity contribution is -0.129. The molecule has 6 aromatic rings. The zero-order chi connectivity index (χ0) is 43.6. The number of ether oxygens (including phenoxy) is 2. The van der Waals surface area contributed by atoms with Crippen molar-refractivity contribution < 1.29 is 28.7 Å². The van der Waals surface area contributed by atoms with Crippen molar-refractivity contribution in [2.45, 2.75) is 44.4 Å². The molecular weight excluding hydrogens is 777 g/mol. The van der Waals surface area contributed by atoms with Gasteiger partial charge in [-0.3, -0.25) is 28.8 Å². The van der Waals surface area contributed by atoms with Crippen LogP contribution in [0.15, 0.2) is 143 Å². The van der Waals surface area contributed by atoms with Crippen LogP contribution in [0.25, 0.3) is 10.8 Å². The summed E-state index contributed by atoms with van der Waals surface area (Å²) in [6.07, 6.45) is 0.119. The van der Waals surface area contributed by atoms with Gasteiger partial charge in [-0.15, -0.1) is 0 Å². The number of carbonyl (C=O) groups excluding carboxylic acids is 4. The van der Waals surface area contributed by atoms with Crippen LogP contribution < -0.4 is 41.0 Å². The minimum absolute atomic E-state index is 0.0414. The van der Waals surface area contributed by atoms with Gasteiger partial charge in [0.15, 0.2) is 0 Å². The van der Waals surface area contributed by atoms with E-state index in [2.05, 4.69) is 10.6 Å². The normalized spacial score (nSPS) is 12.4. The van der Waals surface area contributed by atoms with Crippen LogP contribution in [0.2, 0.25) is 0 Å². The number of methoxy groups -OCH3 is 2. The lowest BCUT2D eigenvalue weighted by atomic mass is 9.92. The summed E-state index contributed by atoms with van der Waals surface area (Å²) in [7, 11) is 6.26. The summed E-state index contributed by atoms with van der Waals surface area (Å²) in [6.45, 7) is 0.387. The third kappa shape index (κ3) is 10.0. The molecule has 314 valence electrons. The van der Waals surface area contributed by atoms with E-state index in [1.54, 1.807) is 74.8 Å². The number of anilines is 2. The van der Waals surface area contributed by atoms with Gasteiger partial charge < -0.3 is 29.9 Å². The number of fused-ring (bicyclic) bond motifs is 1. The van der Waals surface area contributed by atoms with E-state index >= 15 is 0 Å². The molecule has 1 aromatic heterocycles. The first-order valence-electron chi connectivity index (χ1n) is 19.6. The maximum absolute atomic E-state index is 14.2. The number of benzene rings is 5. The van der Waals surface area contributed by atoms with Gasteiger partial charge in [0, 0.05) is 37.8 Å². The SMILES string of the molecule is COc1ccc(N(C)C(=O)C(NC(=O)Cn2c(=O)c3ccccc3c(=O)n2CC(=O)N[C@@H](Cc2ccccc2)C(=O)N(C)c2ccc(OC)cc2)[C@H](C)c2ccccc2)cc1. The number of likely N-dealkylation sites (N-methyl/N-ethyl adjacent to an activating group) is 2. The zero-order valence-electron chi connectivity index (χ0n) is 34.6. The van der Waals surface area contributed by atoms with E-state index in [1.807, 2.05) is 67.6 Å². The van der Waals surface area contributed by atoms with E-state index in [1.165, 1.54) is 36.2 Å². The Morgan fingerprint density at radius 1 is 0.574 bits per heavy atom. The Bertz CT molecular complexity index is 2610. The summed E-state index contributed by atoms with van der Waals surface area (Å²) in [5.41, 5.74) is 1.24. The number of aromatic nitrogens is 2. The molecule has 5 aromatic carbocycles. The van der Waals surface area contributed by atoms with Crippen LogP contribution >= 0.6 is 0 Å². The number of rotatable bonds is 16. The van der Waals surface area contributed by atoms with Crippen molar-refractivity contribution in [2.75, 3.05) is 38.1 Å². The van der Waals surface area contributed by atoms with Crippen molar-refractivity contribution in [3.8, 4) is 11.5 Å². The Labute approximate surface area is 352 Å². The van der Waals surface area contributed by atoms with Crippen molar-refractivity contribution in [1.82, 2.24) is 20.0 Å². The third-order valence-corrected chi connectivity index (χ3v) is 10.6. The molecule has 1 heterocycles. The first kappa shape index (κ1) is 43.1. The largest absolute Gasteiger partial charge is 0.497 e. The number of nitrogens with zero attached hydrogens (tertiary/aromatic N) is 4. The number of hydrogen-bond acceptors (Lipinski definition) is 8. The smallest absolute Gasteiger partial charge is 0.273 e. The van der Waals surface area contributed by atoms with Gasteiger partial charge in [-0.05, 0) is 71.8 Å². The Hall–Kier alpha value is -7.48. The van der Waals surface area contributed by atoms with Gasteiger partial charge in [-0.25, -0.2) is 9.36 Å². The topological polar surface area (TPSA) is 161 Å². The highest BCUT2D eigenvalue weighted by Crippen LogP contribution is 2.25. The first-order valence-corrected chi connectivity index (χ1v) is 19.6. The highest BCUT2D eigenvalue weighted by molar-refractivity contribution is 6.00. The maximum atomic E-state index is 14.2. The number of nitrogens with one attached hydrogen (secondary N) is 2. The molecule has 4 amide bonds. The summed E-state index contributed by atoms with van der Waals surface area (Å²) in [6, 6.07) is 36.0. The average Bonchev–Trinajstić information content (AvgIpc) is 3.30. The van der Waals surface area contributed by atoms with Crippen LogP contribution in [0, 0.1) is 0 Å². The van der Waals surface area contributed by atoms with Crippen LogP contribution in [0.1, 0.15) is 24.0 Å². The molecule has 0 aliphatic rings. The quantitative estimate of drug-likeness (QED) is 0.144. The minimum Gasteiger partial charge on any atom is -0.497 e. The second-order valence-electron chi connectivity index (χ2n) is 14.5. The number of amides is 4. The van der Waals surface area contributed by atoms with E-state index in [0.717, 1.165) is 20.5 Å². The van der Waals surface area contributed by atoms with Crippen molar-refractivity contribution in [2.24, 2.45) is 0 Å². The summed E-state index contributed by atoms with van der Waals surface area (Å²) in [5.74, 6) is -1.71. The molecule has 0 saturated heterocycles. The zero-order valence-corrected chi connectivity index (χ0v) is 34.6. The van der Waals surface area contributed by atoms with Crippen molar-refractivity contribution in [1.29, 1.82) is 0 Å². The molecule has 14 heteroatoms. The van der Waals surface area contributed by atoms with E-state index in [-0.39, 0.29) is 17.2 Å². The summed E-state index contributed by atoms with van der Waals surface area (Å²) in [5, 5.41) is 5.71.